The van der Waals surface area contributed by atoms with Crippen molar-refractivity contribution in [2.24, 2.45) is 11.5 Å². The fraction of sp³-hybridized carbons (Fsp3) is 0.929. The lowest BCUT2D eigenvalue weighted by molar-refractivity contribution is -0.530. The Morgan fingerprint density at radius 1 is 1.00 bits per heavy atom. The lowest BCUT2D eigenvalue weighted by Crippen LogP contribution is -2.43. The van der Waals surface area contributed by atoms with E-state index >= 15 is 0 Å². The first-order valence-electron chi connectivity index (χ1n) is 7.20. The molecule has 0 unspecified atom stereocenters. The number of nitrogens with zero attached hydrogens (tertiary/aromatic N) is 2. The summed E-state index contributed by atoms with van der Waals surface area (Å²) in [6.07, 6.45) is 3.38. The van der Waals surface area contributed by atoms with Crippen molar-refractivity contribution in [2.45, 2.75) is 59.4 Å². The maximum atomic E-state index is 5.69. The second-order valence-corrected chi connectivity index (χ2v) is 5.92. The van der Waals surface area contributed by atoms with E-state index in [1.165, 1.54) is 6.42 Å². The van der Waals surface area contributed by atoms with Crippen LogP contribution in [0.4, 0.5) is 0 Å². The van der Waals surface area contributed by atoms with Crippen LogP contribution >= 0.6 is 0 Å². The molecule has 0 atom stereocenters. The highest BCUT2D eigenvalue weighted by atomic mass is 15.2. The van der Waals surface area contributed by atoms with Crippen LogP contribution in [0.25, 0.3) is 0 Å². The minimum atomic E-state index is 0.240. The molecule has 0 aliphatic heterocycles. The zero-order valence-corrected chi connectivity index (χ0v) is 13.0. The minimum absolute atomic E-state index is 0.240. The Balaban J connectivity index is 4.25. The Labute approximate surface area is 113 Å². The second kappa shape index (κ2) is 8.35. The van der Waals surface area contributed by atoms with Gasteiger partial charge in [0, 0.05) is 12.1 Å². The van der Waals surface area contributed by atoms with Crippen LogP contribution in [0.5, 0.6) is 0 Å². The molecule has 0 amide bonds. The largest absolute Gasteiger partial charge is 0.341 e. The standard InChI is InChI=1S/C14H32N4/c1-6-9-17(13(15)16)11-8-12-18(10-7-2)14(3,4)5/h6-12H2,1-5H3,(H3,15,16)/p+1. The number of guanidine groups is 1. The summed E-state index contributed by atoms with van der Waals surface area (Å²) >= 11 is 0. The molecule has 4 heteroatoms. The number of rotatable bonds is 8. The average molecular weight is 257 g/mol. The maximum Gasteiger partial charge on any atom is 0.341 e. The minimum Gasteiger partial charge on any atom is -0.298 e. The Bertz CT molecular complexity index is 249. The first kappa shape index (κ1) is 17.2. The molecule has 108 valence electrons. The first-order chi connectivity index (χ1) is 8.32. The van der Waals surface area contributed by atoms with Crippen molar-refractivity contribution in [3.63, 3.8) is 0 Å². The highest BCUT2D eigenvalue weighted by Crippen LogP contribution is 2.13. The Kier molecular flexibility index (Phi) is 8.00. The first-order valence-corrected chi connectivity index (χ1v) is 7.20. The summed E-state index contributed by atoms with van der Waals surface area (Å²) in [6.45, 7) is 15.4. The van der Waals surface area contributed by atoms with E-state index in [1.54, 1.807) is 0 Å². The molecule has 0 aromatic rings. The summed E-state index contributed by atoms with van der Waals surface area (Å²) in [4.78, 5) is 2.53. The molecule has 0 saturated heterocycles. The van der Waals surface area contributed by atoms with Gasteiger partial charge in [-0.1, -0.05) is 13.8 Å². The summed E-state index contributed by atoms with van der Waals surface area (Å²) in [7, 11) is 0. The van der Waals surface area contributed by atoms with Crippen LogP contribution in [-0.4, -0.2) is 47.2 Å². The van der Waals surface area contributed by atoms with Crippen molar-refractivity contribution in [1.82, 2.24) is 4.90 Å². The summed E-state index contributed by atoms with van der Waals surface area (Å²) in [5.74, 6) is 0.453. The third kappa shape index (κ3) is 6.84. The van der Waals surface area contributed by atoms with E-state index in [4.69, 9.17) is 11.5 Å². The van der Waals surface area contributed by atoms with Gasteiger partial charge in [0.25, 0.3) is 0 Å². The molecular weight excluding hydrogens is 224 g/mol. The Hall–Kier alpha value is -0.770. The molecule has 0 spiro atoms. The van der Waals surface area contributed by atoms with E-state index in [-0.39, 0.29) is 5.54 Å². The van der Waals surface area contributed by atoms with Crippen molar-refractivity contribution in [3.05, 3.63) is 0 Å². The van der Waals surface area contributed by atoms with Gasteiger partial charge in [-0.15, -0.1) is 0 Å². The highest BCUT2D eigenvalue weighted by molar-refractivity contribution is 5.70. The van der Waals surface area contributed by atoms with E-state index in [2.05, 4.69) is 44.1 Å². The van der Waals surface area contributed by atoms with Crippen molar-refractivity contribution >= 4 is 5.96 Å². The van der Waals surface area contributed by atoms with Gasteiger partial charge in [-0.25, -0.2) is 0 Å². The molecule has 0 radical (unpaired) electrons. The zero-order valence-electron chi connectivity index (χ0n) is 13.0. The molecule has 0 aromatic heterocycles. The normalized spacial score (nSPS) is 11.9. The van der Waals surface area contributed by atoms with Gasteiger partial charge in [0.15, 0.2) is 0 Å². The third-order valence-electron chi connectivity index (χ3n) is 3.16. The molecule has 0 saturated carbocycles. The predicted octanol–water partition coefficient (Wildman–Crippen LogP) is 1.58. The van der Waals surface area contributed by atoms with Crippen LogP contribution < -0.4 is 11.5 Å². The van der Waals surface area contributed by atoms with Gasteiger partial charge in [0.2, 0.25) is 0 Å². The Morgan fingerprint density at radius 2 is 1.61 bits per heavy atom. The molecular formula is C14H33N4+. The van der Waals surface area contributed by atoms with Crippen LogP contribution in [0.15, 0.2) is 0 Å². The van der Waals surface area contributed by atoms with E-state index in [0.29, 0.717) is 5.96 Å². The topological polar surface area (TPSA) is 58.3 Å². The molecule has 4 N–H and O–H groups in total. The van der Waals surface area contributed by atoms with Gasteiger partial charge in [0.05, 0.1) is 13.1 Å². The third-order valence-corrected chi connectivity index (χ3v) is 3.16. The molecule has 0 aromatic carbocycles. The lowest BCUT2D eigenvalue weighted by Gasteiger charge is -2.35. The van der Waals surface area contributed by atoms with Crippen LogP contribution in [-0.2, 0) is 0 Å². The van der Waals surface area contributed by atoms with Gasteiger partial charge >= 0.3 is 5.96 Å². The lowest BCUT2D eigenvalue weighted by atomic mass is 10.1. The van der Waals surface area contributed by atoms with Gasteiger partial charge in [-0.2, -0.15) is 0 Å². The zero-order chi connectivity index (χ0) is 14.2. The van der Waals surface area contributed by atoms with Crippen LogP contribution in [0.2, 0.25) is 0 Å². The molecule has 0 aliphatic rings. The van der Waals surface area contributed by atoms with Gasteiger partial charge in [0.1, 0.15) is 0 Å². The Morgan fingerprint density at radius 3 is 2.00 bits per heavy atom. The van der Waals surface area contributed by atoms with Crippen LogP contribution in [0.1, 0.15) is 53.9 Å². The SMILES string of the molecule is CCCN(CCC[N+](CCC)=C(N)N)C(C)(C)C. The fourth-order valence-electron chi connectivity index (χ4n) is 2.14. The molecule has 0 heterocycles. The maximum absolute atomic E-state index is 5.69. The second-order valence-electron chi connectivity index (χ2n) is 5.92. The molecule has 0 rings (SSSR count). The predicted molar refractivity (Wildman–Crippen MR) is 79.9 cm³/mol. The molecule has 18 heavy (non-hydrogen) atoms. The quantitative estimate of drug-likeness (QED) is 0.394. The number of nitrogens with two attached hydrogens (primary N) is 2. The molecule has 4 nitrogen and oxygen atoms in total. The average Bonchev–Trinajstić information content (AvgIpc) is 2.25. The monoisotopic (exact) mass is 257 g/mol. The highest BCUT2D eigenvalue weighted by Gasteiger charge is 2.19. The number of hydrogen-bond acceptors (Lipinski definition) is 1. The van der Waals surface area contributed by atoms with Crippen LogP contribution in [0, 0.1) is 0 Å². The summed E-state index contributed by atoms with van der Waals surface area (Å²) in [5, 5.41) is 0. The van der Waals surface area contributed by atoms with E-state index < -0.39 is 0 Å². The van der Waals surface area contributed by atoms with Crippen molar-refractivity contribution in [3.8, 4) is 0 Å². The van der Waals surface area contributed by atoms with Crippen LogP contribution in [0.3, 0.4) is 0 Å². The summed E-state index contributed by atoms with van der Waals surface area (Å²) < 4.78 is 2.08. The van der Waals surface area contributed by atoms with Gasteiger partial charge < -0.3 is 0 Å². The van der Waals surface area contributed by atoms with E-state index in [0.717, 1.165) is 39.0 Å². The summed E-state index contributed by atoms with van der Waals surface area (Å²) in [6, 6.07) is 0. The van der Waals surface area contributed by atoms with Crippen molar-refractivity contribution in [1.29, 1.82) is 0 Å². The summed E-state index contributed by atoms with van der Waals surface area (Å²) in [5.41, 5.74) is 11.6. The molecule has 0 aliphatic carbocycles. The van der Waals surface area contributed by atoms with Crippen molar-refractivity contribution < 1.29 is 4.58 Å². The van der Waals surface area contributed by atoms with E-state index in [9.17, 15) is 0 Å². The van der Waals surface area contributed by atoms with E-state index in [1.807, 2.05) is 0 Å². The smallest absolute Gasteiger partial charge is 0.298 e. The molecule has 0 fully saturated rings. The fourth-order valence-corrected chi connectivity index (χ4v) is 2.14. The molecule has 0 bridgehead atoms. The van der Waals surface area contributed by atoms with Gasteiger partial charge in [-0.3, -0.25) is 20.9 Å². The number of hydrogen-bond donors (Lipinski definition) is 2. The van der Waals surface area contributed by atoms with Gasteiger partial charge in [-0.05, 0) is 46.6 Å². The van der Waals surface area contributed by atoms with Crippen molar-refractivity contribution in [2.75, 3.05) is 26.2 Å².